The number of allylic oxidation sites excluding steroid dienone is 2. The molecule has 0 amide bonds. The normalized spacial score (nSPS) is 13.4. The summed E-state index contributed by atoms with van der Waals surface area (Å²) < 4.78 is 5.69. The van der Waals surface area contributed by atoms with Crippen LogP contribution >= 0.6 is 0 Å². The van der Waals surface area contributed by atoms with E-state index in [0.29, 0.717) is 22.6 Å². The van der Waals surface area contributed by atoms with Gasteiger partial charge in [-0.15, -0.1) is 0 Å². The zero-order valence-corrected chi connectivity index (χ0v) is 10.5. The van der Waals surface area contributed by atoms with Crippen LogP contribution in [0.4, 0.5) is 0 Å². The van der Waals surface area contributed by atoms with Gasteiger partial charge < -0.3 is 20.1 Å². The second-order valence-electron chi connectivity index (χ2n) is 4.52. The Morgan fingerprint density at radius 1 is 0.900 bits per heavy atom. The minimum atomic E-state index is -0.0824. The average Bonchev–Trinajstić information content (AvgIpc) is 2.38. The van der Waals surface area contributed by atoms with E-state index in [1.165, 1.54) is 12.1 Å². The van der Waals surface area contributed by atoms with Gasteiger partial charge in [-0.25, -0.2) is 0 Å². The zero-order chi connectivity index (χ0) is 14.3. The summed E-state index contributed by atoms with van der Waals surface area (Å²) in [7, 11) is 0. The SMILES string of the molecule is C=C1C=C(c2ccc(O)cc2)Oc2cc(O)cc(O)c21. The summed E-state index contributed by atoms with van der Waals surface area (Å²) in [4.78, 5) is 0. The maximum absolute atomic E-state index is 9.84. The Hall–Kier alpha value is -2.88. The Bertz CT molecular complexity index is 727. The highest BCUT2D eigenvalue weighted by Crippen LogP contribution is 2.43. The molecule has 1 aliphatic heterocycles. The highest BCUT2D eigenvalue weighted by molar-refractivity contribution is 5.89. The third-order valence-corrected chi connectivity index (χ3v) is 3.06. The summed E-state index contributed by atoms with van der Waals surface area (Å²) in [6.45, 7) is 3.89. The number of ether oxygens (including phenoxy) is 1. The number of benzene rings is 2. The Morgan fingerprint density at radius 3 is 2.30 bits per heavy atom. The van der Waals surface area contributed by atoms with Crippen molar-refractivity contribution in [3.8, 4) is 23.0 Å². The van der Waals surface area contributed by atoms with Gasteiger partial charge in [-0.1, -0.05) is 6.58 Å². The maximum atomic E-state index is 9.84. The molecular formula is C16H12O4. The number of phenols is 3. The molecule has 4 heteroatoms. The van der Waals surface area contributed by atoms with Crippen LogP contribution in [0.3, 0.4) is 0 Å². The molecule has 2 aromatic carbocycles. The molecule has 0 unspecified atom stereocenters. The molecule has 1 heterocycles. The monoisotopic (exact) mass is 268 g/mol. The molecule has 0 bridgehead atoms. The zero-order valence-electron chi connectivity index (χ0n) is 10.5. The molecule has 0 aromatic heterocycles. The minimum absolute atomic E-state index is 0.0778. The molecule has 3 N–H and O–H groups in total. The van der Waals surface area contributed by atoms with Crippen LogP contribution in [0, 0.1) is 0 Å². The second kappa shape index (κ2) is 4.35. The van der Waals surface area contributed by atoms with Crippen LogP contribution in [0.15, 0.2) is 49.1 Å². The largest absolute Gasteiger partial charge is 0.508 e. The van der Waals surface area contributed by atoms with Crippen molar-refractivity contribution in [3.05, 3.63) is 60.2 Å². The van der Waals surface area contributed by atoms with E-state index in [1.54, 1.807) is 30.3 Å². The fourth-order valence-electron chi connectivity index (χ4n) is 2.14. The number of rotatable bonds is 1. The van der Waals surface area contributed by atoms with E-state index >= 15 is 0 Å². The summed E-state index contributed by atoms with van der Waals surface area (Å²) in [5, 5.41) is 28.7. The van der Waals surface area contributed by atoms with E-state index < -0.39 is 0 Å². The molecule has 0 fully saturated rings. The first-order valence-electron chi connectivity index (χ1n) is 5.99. The van der Waals surface area contributed by atoms with Crippen LogP contribution in [0.1, 0.15) is 11.1 Å². The number of aromatic hydroxyl groups is 3. The fraction of sp³-hybridized carbons (Fsp3) is 0. The van der Waals surface area contributed by atoms with Gasteiger partial charge >= 0.3 is 0 Å². The van der Waals surface area contributed by atoms with Crippen LogP contribution in [-0.2, 0) is 0 Å². The lowest BCUT2D eigenvalue weighted by molar-refractivity contribution is 0.434. The van der Waals surface area contributed by atoms with Crippen molar-refractivity contribution in [1.82, 2.24) is 0 Å². The number of fused-ring (bicyclic) bond motifs is 1. The molecule has 1 aliphatic rings. The predicted octanol–water partition coefficient (Wildman–Crippen LogP) is 3.25. The van der Waals surface area contributed by atoms with Gasteiger partial charge in [0.05, 0.1) is 5.56 Å². The summed E-state index contributed by atoms with van der Waals surface area (Å²) in [6, 6.07) is 9.19. The van der Waals surface area contributed by atoms with E-state index in [0.717, 1.165) is 5.56 Å². The number of hydrogen-bond donors (Lipinski definition) is 3. The smallest absolute Gasteiger partial charge is 0.142 e. The summed E-state index contributed by atoms with van der Waals surface area (Å²) in [6.07, 6.45) is 1.70. The lowest BCUT2D eigenvalue weighted by Gasteiger charge is -2.21. The third kappa shape index (κ3) is 1.97. The first kappa shape index (κ1) is 12.2. The van der Waals surface area contributed by atoms with Crippen LogP contribution in [-0.4, -0.2) is 15.3 Å². The Balaban J connectivity index is 2.06. The highest BCUT2D eigenvalue weighted by atomic mass is 16.5. The fourth-order valence-corrected chi connectivity index (χ4v) is 2.14. The first-order valence-corrected chi connectivity index (χ1v) is 5.99. The van der Waals surface area contributed by atoms with Crippen molar-refractivity contribution >= 4 is 11.3 Å². The number of phenolic OH excluding ortho intramolecular Hbond substituents is 3. The van der Waals surface area contributed by atoms with Crippen molar-refractivity contribution in [2.75, 3.05) is 0 Å². The van der Waals surface area contributed by atoms with Crippen molar-refractivity contribution in [2.24, 2.45) is 0 Å². The lowest BCUT2D eigenvalue weighted by Crippen LogP contribution is -2.03. The summed E-state index contributed by atoms with van der Waals surface area (Å²) >= 11 is 0. The molecule has 4 nitrogen and oxygen atoms in total. The Morgan fingerprint density at radius 2 is 1.60 bits per heavy atom. The second-order valence-corrected chi connectivity index (χ2v) is 4.52. The average molecular weight is 268 g/mol. The van der Waals surface area contributed by atoms with Crippen LogP contribution in [0.5, 0.6) is 23.0 Å². The standard InChI is InChI=1S/C16H12O4/c1-9-6-14(10-2-4-11(17)5-3-10)20-15-8-12(18)7-13(19)16(9)15/h2-8,17-19H,1H2. The molecule has 2 aromatic rings. The van der Waals surface area contributed by atoms with Crippen molar-refractivity contribution < 1.29 is 20.1 Å². The van der Waals surface area contributed by atoms with Crippen molar-refractivity contribution in [1.29, 1.82) is 0 Å². The first-order chi connectivity index (χ1) is 9.54. The van der Waals surface area contributed by atoms with E-state index in [4.69, 9.17) is 4.74 Å². The molecule has 0 spiro atoms. The lowest BCUT2D eigenvalue weighted by atomic mass is 9.99. The van der Waals surface area contributed by atoms with E-state index in [2.05, 4.69) is 6.58 Å². The predicted molar refractivity (Wildman–Crippen MR) is 75.5 cm³/mol. The van der Waals surface area contributed by atoms with Crippen molar-refractivity contribution in [2.45, 2.75) is 0 Å². The minimum Gasteiger partial charge on any atom is -0.508 e. The molecule has 3 rings (SSSR count). The Labute approximate surface area is 115 Å². The molecule has 20 heavy (non-hydrogen) atoms. The van der Waals surface area contributed by atoms with Gasteiger partial charge in [0.15, 0.2) is 0 Å². The maximum Gasteiger partial charge on any atom is 0.142 e. The van der Waals surface area contributed by atoms with E-state index in [1.807, 2.05) is 0 Å². The van der Waals surface area contributed by atoms with Gasteiger partial charge in [0, 0.05) is 17.7 Å². The molecule has 0 aliphatic carbocycles. The number of hydrogen-bond acceptors (Lipinski definition) is 4. The Kier molecular flexibility index (Phi) is 2.64. The molecular weight excluding hydrogens is 256 g/mol. The highest BCUT2D eigenvalue weighted by Gasteiger charge is 2.21. The van der Waals surface area contributed by atoms with E-state index in [-0.39, 0.29) is 17.2 Å². The quantitative estimate of drug-likeness (QED) is 0.742. The molecule has 100 valence electrons. The molecule has 0 radical (unpaired) electrons. The van der Waals surface area contributed by atoms with Gasteiger partial charge in [0.25, 0.3) is 0 Å². The molecule has 0 saturated carbocycles. The molecule has 0 saturated heterocycles. The topological polar surface area (TPSA) is 69.9 Å². The molecule has 0 atom stereocenters. The summed E-state index contributed by atoms with van der Waals surface area (Å²) in [5.74, 6) is 0.886. The van der Waals surface area contributed by atoms with Gasteiger partial charge in [0.2, 0.25) is 0 Å². The third-order valence-electron chi connectivity index (χ3n) is 3.06. The summed E-state index contributed by atoms with van der Waals surface area (Å²) in [5.41, 5.74) is 1.81. The van der Waals surface area contributed by atoms with Gasteiger partial charge in [0.1, 0.15) is 28.8 Å². The van der Waals surface area contributed by atoms with Crippen LogP contribution in [0.2, 0.25) is 0 Å². The van der Waals surface area contributed by atoms with Gasteiger partial charge in [-0.3, -0.25) is 0 Å². The van der Waals surface area contributed by atoms with Crippen molar-refractivity contribution in [3.63, 3.8) is 0 Å². The van der Waals surface area contributed by atoms with Crippen LogP contribution < -0.4 is 4.74 Å². The van der Waals surface area contributed by atoms with E-state index in [9.17, 15) is 15.3 Å². The van der Waals surface area contributed by atoms with Crippen LogP contribution in [0.25, 0.3) is 11.3 Å². The van der Waals surface area contributed by atoms with Gasteiger partial charge in [-0.05, 0) is 35.9 Å². The van der Waals surface area contributed by atoms with Gasteiger partial charge in [-0.2, -0.15) is 0 Å².